The number of carbonyl (C=O) groups is 1. The maximum atomic E-state index is 10.5. The van der Waals surface area contributed by atoms with Gasteiger partial charge < -0.3 is 5.73 Å². The van der Waals surface area contributed by atoms with Crippen molar-refractivity contribution in [2.24, 2.45) is 17.6 Å². The third kappa shape index (κ3) is 4.94. The monoisotopic (exact) mass is 228 g/mol. The summed E-state index contributed by atoms with van der Waals surface area (Å²) >= 11 is 0. The lowest BCUT2D eigenvalue weighted by Gasteiger charge is -2.18. The fourth-order valence-corrected chi connectivity index (χ4v) is 2.35. The minimum atomic E-state index is -0.429. The van der Waals surface area contributed by atoms with Gasteiger partial charge in [0.25, 0.3) is 0 Å². The summed E-state index contributed by atoms with van der Waals surface area (Å²) in [7, 11) is 0. The predicted octanol–water partition coefficient (Wildman–Crippen LogP) is 1.60. The van der Waals surface area contributed by atoms with Crippen LogP contribution in [0.1, 0.15) is 46.0 Å². The minimum Gasteiger partial charge on any atom is -0.368 e. The van der Waals surface area contributed by atoms with Crippen molar-refractivity contribution in [1.82, 2.24) is 5.48 Å². The van der Waals surface area contributed by atoms with E-state index in [0.717, 1.165) is 24.7 Å². The molecule has 1 saturated carbocycles. The second-order valence-corrected chi connectivity index (χ2v) is 5.08. The smallest absolute Gasteiger partial charge is 0.245 e. The van der Waals surface area contributed by atoms with E-state index in [4.69, 9.17) is 10.6 Å². The van der Waals surface area contributed by atoms with Crippen LogP contribution < -0.4 is 11.2 Å². The Bertz CT molecular complexity index is 219. The van der Waals surface area contributed by atoms with Gasteiger partial charge in [0.2, 0.25) is 5.91 Å². The highest BCUT2D eigenvalue weighted by atomic mass is 16.6. The average molecular weight is 228 g/mol. The lowest BCUT2D eigenvalue weighted by atomic mass is 9.89. The first-order valence-electron chi connectivity index (χ1n) is 6.25. The summed E-state index contributed by atoms with van der Waals surface area (Å²) < 4.78 is 0. The van der Waals surface area contributed by atoms with Crippen molar-refractivity contribution in [3.63, 3.8) is 0 Å². The van der Waals surface area contributed by atoms with Crippen LogP contribution in [0.25, 0.3) is 0 Å². The maximum Gasteiger partial charge on any atom is 0.245 e. The fourth-order valence-electron chi connectivity index (χ4n) is 2.35. The molecule has 1 fully saturated rings. The molecule has 0 radical (unpaired) electrons. The average Bonchev–Trinajstić information content (AvgIpc) is 2.42. The third-order valence-electron chi connectivity index (χ3n) is 3.42. The van der Waals surface area contributed by atoms with E-state index < -0.39 is 5.91 Å². The Morgan fingerprint density at radius 3 is 2.75 bits per heavy atom. The molecule has 0 spiro atoms. The molecule has 1 aliphatic rings. The van der Waals surface area contributed by atoms with Crippen LogP contribution in [0, 0.1) is 11.8 Å². The van der Waals surface area contributed by atoms with E-state index in [1.807, 2.05) is 0 Å². The molecule has 1 amide bonds. The van der Waals surface area contributed by atoms with Gasteiger partial charge in [-0.05, 0) is 31.1 Å². The van der Waals surface area contributed by atoms with E-state index in [0.29, 0.717) is 6.04 Å². The van der Waals surface area contributed by atoms with Crippen molar-refractivity contribution in [2.75, 3.05) is 6.61 Å². The van der Waals surface area contributed by atoms with Crippen molar-refractivity contribution in [1.29, 1.82) is 0 Å². The maximum absolute atomic E-state index is 10.5. The molecular weight excluding hydrogens is 204 g/mol. The number of hydroxylamine groups is 1. The SMILES string of the molecule is CC(C)C1CCCC(NOCC(N)=O)CC1. The molecule has 4 nitrogen and oxygen atoms in total. The van der Waals surface area contributed by atoms with Crippen LogP contribution >= 0.6 is 0 Å². The van der Waals surface area contributed by atoms with Gasteiger partial charge in [-0.2, -0.15) is 5.48 Å². The Morgan fingerprint density at radius 2 is 2.12 bits per heavy atom. The van der Waals surface area contributed by atoms with Crippen LogP contribution in [-0.2, 0) is 9.63 Å². The number of primary amides is 1. The van der Waals surface area contributed by atoms with Crippen molar-refractivity contribution in [3.05, 3.63) is 0 Å². The predicted molar refractivity (Wildman–Crippen MR) is 63.5 cm³/mol. The van der Waals surface area contributed by atoms with Gasteiger partial charge in [-0.1, -0.05) is 26.7 Å². The Morgan fingerprint density at radius 1 is 1.38 bits per heavy atom. The number of carbonyl (C=O) groups excluding carboxylic acids is 1. The zero-order valence-corrected chi connectivity index (χ0v) is 10.4. The van der Waals surface area contributed by atoms with Crippen molar-refractivity contribution in [3.8, 4) is 0 Å². The molecule has 16 heavy (non-hydrogen) atoms. The van der Waals surface area contributed by atoms with E-state index in [-0.39, 0.29) is 6.61 Å². The van der Waals surface area contributed by atoms with E-state index >= 15 is 0 Å². The molecule has 94 valence electrons. The first kappa shape index (κ1) is 13.5. The minimum absolute atomic E-state index is 0.0376. The highest BCUT2D eigenvalue weighted by Crippen LogP contribution is 2.28. The van der Waals surface area contributed by atoms with E-state index in [1.165, 1.54) is 19.3 Å². The van der Waals surface area contributed by atoms with Crippen molar-refractivity contribution in [2.45, 2.75) is 52.0 Å². The highest BCUT2D eigenvalue weighted by Gasteiger charge is 2.20. The largest absolute Gasteiger partial charge is 0.368 e. The number of amides is 1. The standard InChI is InChI=1S/C12H24N2O2/c1-9(2)10-4-3-5-11(7-6-10)14-16-8-12(13)15/h9-11,14H,3-8H2,1-2H3,(H2,13,15). The van der Waals surface area contributed by atoms with E-state index in [2.05, 4.69) is 19.3 Å². The number of nitrogens with two attached hydrogens (primary N) is 1. The van der Waals surface area contributed by atoms with Gasteiger partial charge in [-0.15, -0.1) is 0 Å². The molecule has 3 N–H and O–H groups in total. The Kier molecular flexibility index (Phi) is 5.77. The van der Waals surface area contributed by atoms with Crippen LogP contribution in [-0.4, -0.2) is 18.6 Å². The van der Waals surface area contributed by atoms with Gasteiger partial charge in [-0.25, -0.2) is 0 Å². The molecule has 0 heterocycles. The Balaban J connectivity index is 2.22. The second-order valence-electron chi connectivity index (χ2n) is 5.08. The number of nitrogens with one attached hydrogen (secondary N) is 1. The summed E-state index contributed by atoms with van der Waals surface area (Å²) in [6, 6.07) is 0.378. The first-order chi connectivity index (χ1) is 7.59. The van der Waals surface area contributed by atoms with Gasteiger partial charge >= 0.3 is 0 Å². The zero-order chi connectivity index (χ0) is 12.0. The lowest BCUT2D eigenvalue weighted by Crippen LogP contribution is -2.32. The molecule has 0 aromatic rings. The topological polar surface area (TPSA) is 64.3 Å². The lowest BCUT2D eigenvalue weighted by molar-refractivity contribution is -0.126. The molecule has 0 aromatic heterocycles. The summed E-state index contributed by atoms with van der Waals surface area (Å²) in [5.74, 6) is 1.18. The van der Waals surface area contributed by atoms with Gasteiger partial charge in [0.1, 0.15) is 6.61 Å². The van der Waals surface area contributed by atoms with E-state index in [9.17, 15) is 4.79 Å². The van der Waals surface area contributed by atoms with Gasteiger partial charge in [0, 0.05) is 6.04 Å². The molecular formula is C12H24N2O2. The highest BCUT2D eigenvalue weighted by molar-refractivity contribution is 5.74. The molecule has 0 aliphatic heterocycles. The molecule has 0 aromatic carbocycles. The number of rotatable bonds is 5. The fraction of sp³-hybridized carbons (Fsp3) is 0.917. The molecule has 2 unspecified atom stereocenters. The number of hydrogen-bond donors (Lipinski definition) is 2. The number of hydrogen-bond acceptors (Lipinski definition) is 3. The summed E-state index contributed by atoms with van der Waals surface area (Å²) in [4.78, 5) is 15.6. The third-order valence-corrected chi connectivity index (χ3v) is 3.42. The van der Waals surface area contributed by atoms with Gasteiger partial charge in [0.05, 0.1) is 0 Å². The second kappa shape index (κ2) is 6.86. The normalized spacial score (nSPS) is 26.7. The van der Waals surface area contributed by atoms with Crippen LogP contribution in [0.4, 0.5) is 0 Å². The van der Waals surface area contributed by atoms with Crippen molar-refractivity contribution < 1.29 is 9.63 Å². The quantitative estimate of drug-likeness (QED) is 0.555. The summed E-state index contributed by atoms with van der Waals surface area (Å²) in [5.41, 5.74) is 7.95. The van der Waals surface area contributed by atoms with E-state index in [1.54, 1.807) is 0 Å². The zero-order valence-electron chi connectivity index (χ0n) is 10.4. The Labute approximate surface area is 97.9 Å². The first-order valence-corrected chi connectivity index (χ1v) is 6.25. The van der Waals surface area contributed by atoms with Crippen LogP contribution in [0.3, 0.4) is 0 Å². The van der Waals surface area contributed by atoms with Crippen LogP contribution in [0.5, 0.6) is 0 Å². The summed E-state index contributed by atoms with van der Waals surface area (Å²) in [5, 5.41) is 0. The van der Waals surface area contributed by atoms with Crippen LogP contribution in [0.2, 0.25) is 0 Å². The van der Waals surface area contributed by atoms with Gasteiger partial charge in [-0.3, -0.25) is 9.63 Å². The Hall–Kier alpha value is -0.610. The molecule has 0 bridgehead atoms. The van der Waals surface area contributed by atoms with Gasteiger partial charge in [0.15, 0.2) is 0 Å². The van der Waals surface area contributed by atoms with Crippen molar-refractivity contribution >= 4 is 5.91 Å². The summed E-state index contributed by atoms with van der Waals surface area (Å²) in [6.45, 7) is 4.55. The molecule has 1 rings (SSSR count). The molecule has 0 saturated heterocycles. The molecule has 2 atom stereocenters. The molecule has 4 heteroatoms. The van der Waals surface area contributed by atoms with Crippen LogP contribution in [0.15, 0.2) is 0 Å². The summed E-state index contributed by atoms with van der Waals surface area (Å²) in [6.07, 6.45) is 6.05. The molecule has 1 aliphatic carbocycles.